The van der Waals surface area contributed by atoms with Gasteiger partial charge in [0.25, 0.3) is 0 Å². The molecule has 3 aromatic carbocycles. The summed E-state index contributed by atoms with van der Waals surface area (Å²) in [6, 6.07) is 20.8. The molecule has 7 nitrogen and oxygen atoms in total. The van der Waals surface area contributed by atoms with E-state index >= 15 is 0 Å². The quantitative estimate of drug-likeness (QED) is 0.388. The molecule has 160 valence electrons. The molecule has 31 heavy (non-hydrogen) atoms. The third-order valence-electron chi connectivity index (χ3n) is 5.27. The topological polar surface area (TPSA) is 89.8 Å². The fourth-order valence-corrected chi connectivity index (χ4v) is 5.15. The lowest BCUT2D eigenvalue weighted by Crippen LogP contribution is -2.35. The molecule has 0 amide bonds. The number of rotatable bonds is 6. The van der Waals surface area contributed by atoms with Crippen molar-refractivity contribution in [3.8, 4) is 22.6 Å². The Balaban J connectivity index is 1.59. The molecule has 1 fully saturated rings. The highest BCUT2D eigenvalue weighted by molar-refractivity contribution is 7.89. The summed E-state index contributed by atoms with van der Waals surface area (Å²) < 4.78 is 32.8. The van der Waals surface area contributed by atoms with Crippen LogP contribution in [0.4, 0.5) is 5.69 Å². The average molecular weight is 439 g/mol. The number of ether oxygens (including phenoxy) is 1. The summed E-state index contributed by atoms with van der Waals surface area (Å²) in [6.07, 6.45) is 2.57. The van der Waals surface area contributed by atoms with Crippen molar-refractivity contribution in [1.29, 1.82) is 0 Å². The van der Waals surface area contributed by atoms with Crippen LogP contribution in [0.15, 0.2) is 77.7 Å². The first kappa shape index (κ1) is 21.0. The fourth-order valence-electron chi connectivity index (χ4n) is 3.61. The second-order valence-electron chi connectivity index (χ2n) is 7.34. The standard InChI is InChI=1S/C23H22N2O5S/c26-25(27)22-17-21(31(28,29)24-15-5-2-6-16-24)13-14-23(22)30-20-11-9-19(10-12-20)18-7-3-1-4-8-18/h1,3-4,7-14,17H,2,5-6,15-16H2. The summed E-state index contributed by atoms with van der Waals surface area (Å²) >= 11 is 0. The third-order valence-corrected chi connectivity index (χ3v) is 7.16. The molecular weight excluding hydrogens is 416 g/mol. The Bertz CT molecular complexity index is 1170. The largest absolute Gasteiger partial charge is 0.450 e. The van der Waals surface area contributed by atoms with Crippen molar-refractivity contribution in [3.05, 3.63) is 82.9 Å². The molecule has 1 aliphatic rings. The molecule has 1 aliphatic heterocycles. The molecule has 1 heterocycles. The number of nitro groups is 1. The lowest BCUT2D eigenvalue weighted by Gasteiger charge is -2.25. The smallest absolute Gasteiger partial charge is 0.312 e. The Morgan fingerprint density at radius 1 is 0.839 bits per heavy atom. The third kappa shape index (κ3) is 4.60. The first-order valence-electron chi connectivity index (χ1n) is 10.1. The zero-order chi connectivity index (χ0) is 21.8. The molecule has 0 saturated carbocycles. The summed E-state index contributed by atoms with van der Waals surface area (Å²) in [4.78, 5) is 10.9. The van der Waals surface area contributed by atoms with Crippen LogP contribution in [0.1, 0.15) is 19.3 Å². The van der Waals surface area contributed by atoms with E-state index < -0.39 is 14.9 Å². The number of nitro benzene ring substituents is 1. The van der Waals surface area contributed by atoms with E-state index in [2.05, 4.69) is 0 Å². The van der Waals surface area contributed by atoms with Gasteiger partial charge in [-0.1, -0.05) is 48.9 Å². The molecule has 3 aromatic rings. The van der Waals surface area contributed by atoms with Gasteiger partial charge in [-0.15, -0.1) is 0 Å². The summed E-state index contributed by atoms with van der Waals surface area (Å²) in [6.45, 7) is 0.865. The van der Waals surface area contributed by atoms with Crippen LogP contribution in [0.2, 0.25) is 0 Å². The number of benzene rings is 3. The zero-order valence-electron chi connectivity index (χ0n) is 16.8. The molecule has 0 unspecified atom stereocenters. The van der Waals surface area contributed by atoms with E-state index in [0.29, 0.717) is 18.8 Å². The number of hydrogen-bond donors (Lipinski definition) is 0. The number of hydrogen-bond acceptors (Lipinski definition) is 5. The first-order chi connectivity index (χ1) is 14.9. The van der Waals surface area contributed by atoms with Crippen molar-refractivity contribution in [2.45, 2.75) is 24.2 Å². The highest BCUT2D eigenvalue weighted by Gasteiger charge is 2.29. The van der Waals surface area contributed by atoms with Gasteiger partial charge in [0.15, 0.2) is 0 Å². The van der Waals surface area contributed by atoms with Crippen LogP contribution in [0, 0.1) is 10.1 Å². The molecule has 0 atom stereocenters. The Morgan fingerprint density at radius 3 is 2.13 bits per heavy atom. The molecule has 0 aliphatic carbocycles. The van der Waals surface area contributed by atoms with E-state index in [1.165, 1.54) is 16.4 Å². The fraction of sp³-hybridized carbons (Fsp3) is 0.217. The molecule has 8 heteroatoms. The highest BCUT2D eigenvalue weighted by Crippen LogP contribution is 2.35. The van der Waals surface area contributed by atoms with E-state index in [4.69, 9.17) is 4.74 Å². The molecule has 1 saturated heterocycles. The Hall–Kier alpha value is -3.23. The van der Waals surface area contributed by atoms with Crippen molar-refractivity contribution in [3.63, 3.8) is 0 Å². The van der Waals surface area contributed by atoms with E-state index in [0.717, 1.165) is 36.5 Å². The van der Waals surface area contributed by atoms with Crippen LogP contribution in [0.3, 0.4) is 0 Å². The lowest BCUT2D eigenvalue weighted by molar-refractivity contribution is -0.385. The van der Waals surface area contributed by atoms with Crippen molar-refractivity contribution in [2.75, 3.05) is 13.1 Å². The van der Waals surface area contributed by atoms with Crippen molar-refractivity contribution < 1.29 is 18.1 Å². The zero-order valence-corrected chi connectivity index (χ0v) is 17.6. The van der Waals surface area contributed by atoms with E-state index in [1.54, 1.807) is 12.1 Å². The van der Waals surface area contributed by atoms with Gasteiger partial charge in [0.1, 0.15) is 5.75 Å². The van der Waals surface area contributed by atoms with Crippen LogP contribution in [-0.2, 0) is 10.0 Å². The molecular formula is C23H22N2O5S. The minimum absolute atomic E-state index is 0.00458. The monoisotopic (exact) mass is 438 g/mol. The van der Waals surface area contributed by atoms with Gasteiger partial charge in [-0.3, -0.25) is 10.1 Å². The second kappa shape index (κ2) is 8.87. The molecule has 0 aromatic heterocycles. The maximum absolute atomic E-state index is 12.9. The number of piperidine rings is 1. The summed E-state index contributed by atoms with van der Waals surface area (Å²) in [5.41, 5.74) is 1.66. The molecule has 0 N–H and O–H groups in total. The van der Waals surface area contributed by atoms with Crippen molar-refractivity contribution in [1.82, 2.24) is 4.31 Å². The average Bonchev–Trinajstić information content (AvgIpc) is 2.81. The second-order valence-corrected chi connectivity index (χ2v) is 9.28. The van der Waals surface area contributed by atoms with Gasteiger partial charge in [-0.25, -0.2) is 8.42 Å². The maximum atomic E-state index is 12.9. The van der Waals surface area contributed by atoms with Crippen LogP contribution in [0.25, 0.3) is 11.1 Å². The Morgan fingerprint density at radius 2 is 1.48 bits per heavy atom. The van der Waals surface area contributed by atoms with Gasteiger partial charge in [0.2, 0.25) is 15.8 Å². The summed E-state index contributed by atoms with van der Waals surface area (Å²) in [5.74, 6) is 0.421. The van der Waals surface area contributed by atoms with Gasteiger partial charge in [0, 0.05) is 19.2 Å². The maximum Gasteiger partial charge on any atom is 0.312 e. The van der Waals surface area contributed by atoms with Crippen molar-refractivity contribution >= 4 is 15.7 Å². The lowest BCUT2D eigenvalue weighted by atomic mass is 10.1. The normalized spacial score (nSPS) is 14.8. The van der Waals surface area contributed by atoms with Gasteiger partial charge >= 0.3 is 5.69 Å². The number of nitrogens with zero attached hydrogens (tertiary/aromatic N) is 2. The Labute approximate surface area is 181 Å². The molecule has 4 rings (SSSR count). The minimum Gasteiger partial charge on any atom is -0.450 e. The minimum atomic E-state index is -3.77. The van der Waals surface area contributed by atoms with Gasteiger partial charge in [-0.2, -0.15) is 4.31 Å². The van der Waals surface area contributed by atoms with Crippen molar-refractivity contribution in [2.24, 2.45) is 0 Å². The summed E-state index contributed by atoms with van der Waals surface area (Å²) in [5, 5.41) is 11.6. The first-order valence-corrected chi connectivity index (χ1v) is 11.5. The predicted molar refractivity (Wildman–Crippen MR) is 118 cm³/mol. The predicted octanol–water partition coefficient (Wildman–Crippen LogP) is 5.23. The highest BCUT2D eigenvalue weighted by atomic mass is 32.2. The number of sulfonamides is 1. The summed E-state index contributed by atoms with van der Waals surface area (Å²) in [7, 11) is -3.77. The van der Waals surface area contributed by atoms with E-state index in [9.17, 15) is 18.5 Å². The SMILES string of the molecule is O=[N+]([O-])c1cc(S(=O)(=O)N2CCCCC2)ccc1Oc1ccc(-c2ccccc2)cc1. The molecule has 0 radical (unpaired) electrons. The van der Waals surface area contributed by atoms with Crippen LogP contribution >= 0.6 is 0 Å². The van der Waals surface area contributed by atoms with Gasteiger partial charge in [0.05, 0.1) is 9.82 Å². The van der Waals surface area contributed by atoms with Gasteiger partial charge < -0.3 is 4.74 Å². The van der Waals surface area contributed by atoms with Crippen LogP contribution in [0.5, 0.6) is 11.5 Å². The van der Waals surface area contributed by atoms with E-state index in [-0.39, 0.29) is 16.3 Å². The van der Waals surface area contributed by atoms with Gasteiger partial charge in [-0.05, 0) is 48.2 Å². The molecule has 0 bridgehead atoms. The van der Waals surface area contributed by atoms with Crippen LogP contribution < -0.4 is 4.74 Å². The molecule has 0 spiro atoms. The van der Waals surface area contributed by atoms with E-state index in [1.807, 2.05) is 42.5 Å². The Kier molecular flexibility index (Phi) is 6.01. The van der Waals surface area contributed by atoms with Crippen LogP contribution in [-0.4, -0.2) is 30.7 Å².